The molecule has 1 aliphatic carbocycles. The molecule has 11 heteroatoms. The van der Waals surface area contributed by atoms with Gasteiger partial charge in [-0.05, 0) is 31.9 Å². The third-order valence-corrected chi connectivity index (χ3v) is 5.88. The SMILES string of the molecule is CC(OC(=O)CN1C(=O)c2cc(Cl)c(Cl)cc2C1=O)C(=O)NC(=O)NC1CCCCC1. The summed E-state index contributed by atoms with van der Waals surface area (Å²) in [6.45, 7) is 0.580. The summed E-state index contributed by atoms with van der Waals surface area (Å²) in [5, 5.41) is 5.04. The number of carbonyl (C=O) groups excluding carboxylic acids is 5. The zero-order valence-corrected chi connectivity index (χ0v) is 18.2. The largest absolute Gasteiger partial charge is 0.451 e. The van der Waals surface area contributed by atoms with Crippen molar-refractivity contribution >= 4 is 52.9 Å². The van der Waals surface area contributed by atoms with Gasteiger partial charge in [-0.25, -0.2) is 4.79 Å². The van der Waals surface area contributed by atoms with E-state index in [2.05, 4.69) is 10.6 Å². The Labute approximate surface area is 188 Å². The number of urea groups is 1. The lowest BCUT2D eigenvalue weighted by atomic mass is 9.96. The fraction of sp³-hybridized carbons (Fsp3) is 0.450. The Hall–Kier alpha value is -2.65. The Morgan fingerprint density at radius 3 is 2.16 bits per heavy atom. The van der Waals surface area contributed by atoms with E-state index in [9.17, 15) is 24.0 Å². The molecule has 0 saturated heterocycles. The first-order valence-corrected chi connectivity index (χ1v) is 10.6. The van der Waals surface area contributed by atoms with Crippen LogP contribution in [-0.2, 0) is 14.3 Å². The fourth-order valence-corrected chi connectivity index (χ4v) is 3.85. The normalized spacial score (nSPS) is 17.2. The number of nitrogens with one attached hydrogen (secondary N) is 2. The lowest BCUT2D eigenvalue weighted by Gasteiger charge is -2.23. The summed E-state index contributed by atoms with van der Waals surface area (Å²) >= 11 is 11.8. The van der Waals surface area contributed by atoms with Gasteiger partial charge in [-0.1, -0.05) is 42.5 Å². The van der Waals surface area contributed by atoms with Gasteiger partial charge in [0, 0.05) is 6.04 Å². The molecule has 1 atom stereocenters. The number of amides is 5. The van der Waals surface area contributed by atoms with Crippen molar-refractivity contribution in [3.8, 4) is 0 Å². The van der Waals surface area contributed by atoms with Crippen molar-refractivity contribution in [2.24, 2.45) is 0 Å². The van der Waals surface area contributed by atoms with Gasteiger partial charge < -0.3 is 10.1 Å². The molecule has 0 spiro atoms. The van der Waals surface area contributed by atoms with E-state index in [1.807, 2.05) is 0 Å². The molecule has 1 aromatic rings. The van der Waals surface area contributed by atoms with Gasteiger partial charge in [0.25, 0.3) is 17.7 Å². The van der Waals surface area contributed by atoms with E-state index in [0.717, 1.165) is 32.1 Å². The van der Waals surface area contributed by atoms with Crippen LogP contribution in [0.15, 0.2) is 12.1 Å². The van der Waals surface area contributed by atoms with Gasteiger partial charge in [0.1, 0.15) is 6.54 Å². The average Bonchev–Trinajstić information content (AvgIpc) is 2.93. The number of hydrogen-bond acceptors (Lipinski definition) is 6. The highest BCUT2D eigenvalue weighted by molar-refractivity contribution is 6.43. The number of esters is 1. The van der Waals surface area contributed by atoms with Crippen LogP contribution in [0, 0.1) is 0 Å². The molecule has 0 aromatic heterocycles. The molecule has 1 aliphatic heterocycles. The summed E-state index contributed by atoms with van der Waals surface area (Å²) < 4.78 is 4.98. The fourth-order valence-electron chi connectivity index (χ4n) is 3.53. The van der Waals surface area contributed by atoms with Gasteiger partial charge in [0.05, 0.1) is 21.2 Å². The minimum atomic E-state index is -1.30. The van der Waals surface area contributed by atoms with Crippen LogP contribution in [0.2, 0.25) is 10.0 Å². The molecule has 5 amide bonds. The maximum Gasteiger partial charge on any atom is 0.326 e. The molecule has 2 N–H and O–H groups in total. The highest BCUT2D eigenvalue weighted by atomic mass is 35.5. The maximum absolute atomic E-state index is 12.4. The minimum Gasteiger partial charge on any atom is -0.451 e. The molecule has 166 valence electrons. The van der Waals surface area contributed by atoms with Crippen LogP contribution in [-0.4, -0.2) is 53.3 Å². The molecule has 2 aliphatic rings. The second-order valence-corrected chi connectivity index (χ2v) is 8.25. The van der Waals surface area contributed by atoms with Gasteiger partial charge >= 0.3 is 12.0 Å². The summed E-state index contributed by atoms with van der Waals surface area (Å²) in [5.41, 5.74) is 0.0507. The molecule has 1 unspecified atom stereocenters. The van der Waals surface area contributed by atoms with E-state index in [-0.39, 0.29) is 27.2 Å². The third-order valence-electron chi connectivity index (χ3n) is 5.15. The third kappa shape index (κ3) is 5.34. The van der Waals surface area contributed by atoms with Crippen molar-refractivity contribution < 1.29 is 28.7 Å². The van der Waals surface area contributed by atoms with Crippen molar-refractivity contribution in [2.45, 2.75) is 51.2 Å². The molecule has 9 nitrogen and oxygen atoms in total. The van der Waals surface area contributed by atoms with Crippen molar-refractivity contribution in [1.29, 1.82) is 0 Å². The standard InChI is InChI=1S/C20H21Cl2N3O6/c1-10(17(27)24-20(30)23-11-5-3-2-4-6-11)31-16(26)9-25-18(28)12-7-14(21)15(22)8-13(12)19(25)29/h7-8,10-11H,2-6,9H2,1H3,(H2,23,24,27,30). The number of benzene rings is 1. The monoisotopic (exact) mass is 469 g/mol. The second kappa shape index (κ2) is 9.65. The summed E-state index contributed by atoms with van der Waals surface area (Å²) in [6.07, 6.45) is 3.56. The van der Waals surface area contributed by atoms with Crippen molar-refractivity contribution in [3.05, 3.63) is 33.3 Å². The highest BCUT2D eigenvalue weighted by Crippen LogP contribution is 2.31. The van der Waals surface area contributed by atoms with Crippen LogP contribution in [0.4, 0.5) is 4.79 Å². The van der Waals surface area contributed by atoms with Gasteiger partial charge in [-0.2, -0.15) is 0 Å². The first-order chi connectivity index (χ1) is 14.7. The first-order valence-electron chi connectivity index (χ1n) is 9.83. The van der Waals surface area contributed by atoms with E-state index in [1.54, 1.807) is 0 Å². The number of ether oxygens (including phenoxy) is 1. The van der Waals surface area contributed by atoms with Crippen molar-refractivity contribution in [1.82, 2.24) is 15.5 Å². The van der Waals surface area contributed by atoms with E-state index >= 15 is 0 Å². The predicted octanol–water partition coefficient (Wildman–Crippen LogP) is 2.68. The predicted molar refractivity (Wildman–Crippen MR) is 111 cm³/mol. The van der Waals surface area contributed by atoms with Crippen LogP contribution >= 0.6 is 23.2 Å². The van der Waals surface area contributed by atoms with Crippen molar-refractivity contribution in [2.75, 3.05) is 6.54 Å². The smallest absolute Gasteiger partial charge is 0.326 e. The van der Waals surface area contributed by atoms with Gasteiger partial charge in [-0.15, -0.1) is 0 Å². The summed E-state index contributed by atoms with van der Waals surface area (Å²) in [5.74, 6) is -3.25. The molecule has 1 heterocycles. The number of imide groups is 2. The van der Waals surface area contributed by atoms with Crippen LogP contribution in [0.5, 0.6) is 0 Å². The molecule has 1 aromatic carbocycles. The number of nitrogens with zero attached hydrogens (tertiary/aromatic N) is 1. The van der Waals surface area contributed by atoms with E-state index < -0.39 is 42.4 Å². The van der Waals surface area contributed by atoms with Crippen LogP contribution in [0.1, 0.15) is 59.7 Å². The Balaban J connectivity index is 1.52. The Morgan fingerprint density at radius 1 is 1.06 bits per heavy atom. The number of hydrogen-bond donors (Lipinski definition) is 2. The highest BCUT2D eigenvalue weighted by Gasteiger charge is 2.38. The van der Waals surface area contributed by atoms with E-state index in [4.69, 9.17) is 27.9 Å². The molecule has 3 rings (SSSR count). The quantitative estimate of drug-likeness (QED) is 0.504. The number of halogens is 2. The Kier molecular flexibility index (Phi) is 7.17. The number of fused-ring (bicyclic) bond motifs is 1. The van der Waals surface area contributed by atoms with Gasteiger partial charge in [0.2, 0.25) is 0 Å². The minimum absolute atomic E-state index is 0.00948. The summed E-state index contributed by atoms with van der Waals surface area (Å²) in [6, 6.07) is 1.86. The average molecular weight is 470 g/mol. The Bertz CT molecular complexity index is 904. The van der Waals surface area contributed by atoms with Gasteiger partial charge in [0.15, 0.2) is 6.10 Å². The van der Waals surface area contributed by atoms with Crippen LogP contribution in [0.25, 0.3) is 0 Å². The maximum atomic E-state index is 12.4. The van der Waals surface area contributed by atoms with E-state index in [1.165, 1.54) is 19.1 Å². The zero-order chi connectivity index (χ0) is 22.7. The van der Waals surface area contributed by atoms with E-state index in [0.29, 0.717) is 4.90 Å². The van der Waals surface area contributed by atoms with Crippen LogP contribution < -0.4 is 10.6 Å². The first kappa shape index (κ1) is 23.0. The lowest BCUT2D eigenvalue weighted by Crippen LogP contribution is -2.48. The van der Waals surface area contributed by atoms with Crippen LogP contribution in [0.3, 0.4) is 0 Å². The Morgan fingerprint density at radius 2 is 1.61 bits per heavy atom. The van der Waals surface area contributed by atoms with Crippen molar-refractivity contribution in [3.63, 3.8) is 0 Å². The summed E-state index contributed by atoms with van der Waals surface area (Å²) in [4.78, 5) is 61.8. The molecule has 1 fully saturated rings. The molecule has 0 radical (unpaired) electrons. The molecule has 0 bridgehead atoms. The van der Waals surface area contributed by atoms with Gasteiger partial charge in [-0.3, -0.25) is 29.4 Å². The summed E-state index contributed by atoms with van der Waals surface area (Å²) in [7, 11) is 0. The number of rotatable bonds is 5. The molecular formula is C20H21Cl2N3O6. The molecule has 1 saturated carbocycles. The number of carbonyl (C=O) groups is 5. The molecular weight excluding hydrogens is 449 g/mol. The lowest BCUT2D eigenvalue weighted by molar-refractivity contribution is -0.154. The molecule has 31 heavy (non-hydrogen) atoms. The topological polar surface area (TPSA) is 122 Å². The zero-order valence-electron chi connectivity index (χ0n) is 16.7. The second-order valence-electron chi connectivity index (χ2n) is 7.44.